The minimum atomic E-state index is -5.03. The van der Waals surface area contributed by atoms with Gasteiger partial charge in [-0.05, 0) is 49.6 Å². The zero-order valence-corrected chi connectivity index (χ0v) is 24.2. The number of nitrogens with zero attached hydrogens (tertiary/aromatic N) is 2. The molecule has 2 aromatic heterocycles. The van der Waals surface area contributed by atoms with Gasteiger partial charge in [-0.15, -0.1) is 0 Å². The first-order valence-electron chi connectivity index (χ1n) is 13.7. The SMILES string of the molecule is CCCC(C)(CNC(=O)c1c(C(F)(F)F)nn2c(OCc3c(F)cccc3F)cc(C)cc12)NC(=O)OCc1ccccc1. The molecule has 0 aliphatic rings. The van der Waals surface area contributed by atoms with Gasteiger partial charge in [-0.25, -0.2) is 13.6 Å². The van der Waals surface area contributed by atoms with E-state index in [2.05, 4.69) is 15.7 Å². The smallest absolute Gasteiger partial charge is 0.436 e. The van der Waals surface area contributed by atoms with E-state index in [9.17, 15) is 31.5 Å². The number of alkyl halides is 3. The van der Waals surface area contributed by atoms with E-state index in [4.69, 9.17) is 9.47 Å². The van der Waals surface area contributed by atoms with Gasteiger partial charge < -0.3 is 20.1 Å². The fourth-order valence-electron chi connectivity index (χ4n) is 4.70. The summed E-state index contributed by atoms with van der Waals surface area (Å²) in [6.07, 6.45) is -4.83. The van der Waals surface area contributed by atoms with Crippen LogP contribution in [0.15, 0.2) is 60.7 Å². The molecule has 234 valence electrons. The fraction of sp³-hybridized carbons (Fsp3) is 0.323. The van der Waals surface area contributed by atoms with Crippen LogP contribution in [0.2, 0.25) is 0 Å². The number of amides is 2. The lowest BCUT2D eigenvalue weighted by Gasteiger charge is -2.30. The number of alkyl carbamates (subject to hydrolysis) is 1. The van der Waals surface area contributed by atoms with Crippen LogP contribution < -0.4 is 15.4 Å². The highest BCUT2D eigenvalue weighted by atomic mass is 19.4. The van der Waals surface area contributed by atoms with Crippen molar-refractivity contribution in [2.45, 2.75) is 58.5 Å². The summed E-state index contributed by atoms with van der Waals surface area (Å²) in [5, 5.41) is 8.82. The van der Waals surface area contributed by atoms with Crippen molar-refractivity contribution in [1.82, 2.24) is 20.2 Å². The lowest BCUT2D eigenvalue weighted by atomic mass is 9.96. The lowest BCUT2D eigenvalue weighted by Crippen LogP contribution is -2.53. The van der Waals surface area contributed by atoms with Crippen LogP contribution in [0.25, 0.3) is 5.52 Å². The number of carbonyl (C=O) groups is 2. The minimum absolute atomic E-state index is 0.00584. The van der Waals surface area contributed by atoms with Gasteiger partial charge in [0.1, 0.15) is 24.8 Å². The van der Waals surface area contributed by atoms with Crippen molar-refractivity contribution in [3.63, 3.8) is 0 Å². The first-order valence-corrected chi connectivity index (χ1v) is 13.7. The molecule has 2 amide bonds. The molecular formula is C31H31F5N4O4. The number of ether oxygens (including phenoxy) is 2. The molecule has 0 fully saturated rings. The average Bonchev–Trinajstić information content (AvgIpc) is 3.35. The molecular weight excluding hydrogens is 587 g/mol. The summed E-state index contributed by atoms with van der Waals surface area (Å²) in [5.41, 5.74) is -2.79. The third kappa shape index (κ3) is 7.63. The lowest BCUT2D eigenvalue weighted by molar-refractivity contribution is -0.141. The molecule has 2 N–H and O–H groups in total. The summed E-state index contributed by atoms with van der Waals surface area (Å²) in [6, 6.07) is 14.8. The van der Waals surface area contributed by atoms with Crippen molar-refractivity contribution >= 4 is 17.5 Å². The topological polar surface area (TPSA) is 94.0 Å². The van der Waals surface area contributed by atoms with E-state index in [1.807, 2.05) is 13.0 Å². The Bertz CT molecular complexity index is 1620. The Balaban J connectivity index is 1.58. The summed E-state index contributed by atoms with van der Waals surface area (Å²) in [6.45, 7) is 4.19. The molecule has 1 unspecified atom stereocenters. The summed E-state index contributed by atoms with van der Waals surface area (Å²) >= 11 is 0. The molecule has 8 nitrogen and oxygen atoms in total. The first kappa shape index (κ1) is 32.2. The molecule has 0 saturated carbocycles. The van der Waals surface area contributed by atoms with Crippen LogP contribution in [0.3, 0.4) is 0 Å². The Labute approximate surface area is 250 Å². The molecule has 0 bridgehead atoms. The number of halogens is 5. The van der Waals surface area contributed by atoms with Gasteiger partial charge in [0, 0.05) is 12.6 Å². The van der Waals surface area contributed by atoms with Gasteiger partial charge in [0.25, 0.3) is 5.91 Å². The number of hydrogen-bond acceptors (Lipinski definition) is 5. The number of pyridine rings is 1. The minimum Gasteiger partial charge on any atom is -0.473 e. The first-order chi connectivity index (χ1) is 20.8. The molecule has 2 aromatic carbocycles. The molecule has 0 aliphatic heterocycles. The van der Waals surface area contributed by atoms with Crippen LogP contribution in [-0.2, 0) is 24.1 Å². The van der Waals surface area contributed by atoms with Gasteiger partial charge in [0.05, 0.1) is 22.2 Å². The maximum atomic E-state index is 14.2. The van der Waals surface area contributed by atoms with Crippen molar-refractivity contribution < 1.29 is 41.0 Å². The van der Waals surface area contributed by atoms with Crippen molar-refractivity contribution in [3.05, 3.63) is 100 Å². The monoisotopic (exact) mass is 618 g/mol. The highest BCUT2D eigenvalue weighted by Crippen LogP contribution is 2.35. The number of nitrogens with one attached hydrogen (secondary N) is 2. The second-order valence-corrected chi connectivity index (χ2v) is 10.6. The number of rotatable bonds is 11. The molecule has 4 rings (SSSR count). The van der Waals surface area contributed by atoms with Crippen LogP contribution in [0.5, 0.6) is 5.88 Å². The second kappa shape index (κ2) is 13.3. The quantitative estimate of drug-likeness (QED) is 0.182. The fourth-order valence-corrected chi connectivity index (χ4v) is 4.70. The van der Waals surface area contributed by atoms with Gasteiger partial charge in [-0.1, -0.05) is 49.7 Å². The van der Waals surface area contributed by atoms with Gasteiger partial charge >= 0.3 is 12.3 Å². The molecule has 2 heterocycles. The second-order valence-electron chi connectivity index (χ2n) is 10.6. The highest BCUT2D eigenvalue weighted by molar-refractivity contribution is 6.02. The van der Waals surface area contributed by atoms with Crippen molar-refractivity contribution in [2.75, 3.05) is 6.54 Å². The van der Waals surface area contributed by atoms with E-state index in [0.717, 1.165) is 22.2 Å². The average molecular weight is 619 g/mol. The largest absolute Gasteiger partial charge is 0.473 e. The zero-order valence-electron chi connectivity index (χ0n) is 24.2. The van der Waals surface area contributed by atoms with E-state index in [1.54, 1.807) is 38.1 Å². The number of aryl methyl sites for hydroxylation is 1. The zero-order chi connectivity index (χ0) is 32.1. The van der Waals surface area contributed by atoms with E-state index in [1.165, 1.54) is 18.2 Å². The molecule has 0 aliphatic carbocycles. The van der Waals surface area contributed by atoms with Crippen molar-refractivity contribution in [1.29, 1.82) is 0 Å². The van der Waals surface area contributed by atoms with Crippen LogP contribution in [0, 0.1) is 18.6 Å². The Morgan fingerprint density at radius 2 is 1.66 bits per heavy atom. The van der Waals surface area contributed by atoms with Gasteiger partial charge in [0.15, 0.2) is 5.69 Å². The Morgan fingerprint density at radius 1 is 0.977 bits per heavy atom. The van der Waals surface area contributed by atoms with Crippen LogP contribution >= 0.6 is 0 Å². The number of aromatic nitrogens is 2. The van der Waals surface area contributed by atoms with E-state index in [0.29, 0.717) is 18.4 Å². The molecule has 44 heavy (non-hydrogen) atoms. The number of hydrogen-bond donors (Lipinski definition) is 2. The Kier molecular flexibility index (Phi) is 9.75. The van der Waals surface area contributed by atoms with E-state index < -0.39 is 58.8 Å². The molecule has 0 radical (unpaired) electrons. The Morgan fingerprint density at radius 3 is 2.30 bits per heavy atom. The van der Waals surface area contributed by atoms with Crippen LogP contribution in [0.4, 0.5) is 26.7 Å². The van der Waals surface area contributed by atoms with Gasteiger partial charge in [-0.2, -0.15) is 22.8 Å². The van der Waals surface area contributed by atoms with Crippen molar-refractivity contribution in [3.8, 4) is 5.88 Å². The molecule has 4 aromatic rings. The van der Waals surface area contributed by atoms with Crippen molar-refractivity contribution in [2.24, 2.45) is 0 Å². The maximum Gasteiger partial charge on any atom is 0.436 e. The number of carbonyl (C=O) groups excluding carboxylic acids is 2. The third-order valence-corrected chi connectivity index (χ3v) is 6.82. The summed E-state index contributed by atoms with van der Waals surface area (Å²) in [5.74, 6) is -3.13. The van der Waals surface area contributed by atoms with Gasteiger partial charge in [-0.3, -0.25) is 4.79 Å². The van der Waals surface area contributed by atoms with Crippen LogP contribution in [0.1, 0.15) is 59.4 Å². The number of fused-ring (bicyclic) bond motifs is 1. The van der Waals surface area contributed by atoms with Gasteiger partial charge in [0.2, 0.25) is 5.88 Å². The summed E-state index contributed by atoms with van der Waals surface area (Å²) in [4.78, 5) is 25.9. The molecule has 0 saturated heterocycles. The predicted molar refractivity (Wildman–Crippen MR) is 151 cm³/mol. The van der Waals surface area contributed by atoms with E-state index >= 15 is 0 Å². The predicted octanol–water partition coefficient (Wildman–Crippen LogP) is 6.73. The van der Waals surface area contributed by atoms with Crippen LogP contribution in [-0.4, -0.2) is 33.7 Å². The normalized spacial score (nSPS) is 12.9. The van der Waals surface area contributed by atoms with E-state index in [-0.39, 0.29) is 24.5 Å². The standard InChI is InChI=1S/C31H31F5N4O4/c1-4-13-30(3,38-29(42)44-16-20-9-6-5-7-10-20)18-37-28(41)26-24-14-19(2)15-25(40(24)39-27(26)31(34,35)36)43-17-21-22(32)11-8-12-23(21)33/h5-12,14-15H,4,13,16-18H2,1-3H3,(H,37,41)(H,38,42). The molecule has 0 spiro atoms. The number of benzene rings is 2. The highest BCUT2D eigenvalue weighted by Gasteiger charge is 2.41. The summed E-state index contributed by atoms with van der Waals surface area (Å²) < 4.78 is 82.3. The molecule has 1 atom stereocenters. The summed E-state index contributed by atoms with van der Waals surface area (Å²) in [7, 11) is 0. The third-order valence-electron chi connectivity index (χ3n) is 6.82. The maximum absolute atomic E-state index is 14.2. The molecule has 13 heteroatoms. The Hall–Kier alpha value is -4.68.